The average Bonchev–Trinajstić information content (AvgIpc) is 2.85. The molecular formula is C36H98O14Si13. The van der Waals surface area contributed by atoms with E-state index in [1.165, 1.54) is 0 Å². The second-order valence-corrected chi connectivity index (χ2v) is 72.8. The van der Waals surface area contributed by atoms with Crippen LogP contribution in [0, 0.1) is 5.41 Å². The Morgan fingerprint density at radius 3 is 0.762 bits per heavy atom. The van der Waals surface area contributed by atoms with Gasteiger partial charge in [0.25, 0.3) is 0 Å². The zero-order chi connectivity index (χ0) is 50.6. The van der Waals surface area contributed by atoms with Crippen LogP contribution in [0.2, 0.25) is 183 Å². The van der Waals surface area contributed by atoms with Gasteiger partial charge >= 0.3 is 100 Å². The summed E-state index contributed by atoms with van der Waals surface area (Å²) in [5.41, 5.74) is -0.467. The molecule has 0 radical (unpaired) electrons. The molecule has 27 heteroatoms. The Morgan fingerprint density at radius 2 is 0.556 bits per heavy atom. The fourth-order valence-corrected chi connectivity index (χ4v) is 74.5. The zero-order valence-electron chi connectivity index (χ0n) is 46.0. The van der Waals surface area contributed by atoms with Gasteiger partial charge in [0.1, 0.15) is 0 Å². The minimum absolute atomic E-state index is 0.147. The quantitative estimate of drug-likeness (QED) is 0.0383. The molecule has 0 unspecified atom stereocenters. The summed E-state index contributed by atoms with van der Waals surface area (Å²) in [7, 11) is -33.4. The molecule has 0 rings (SSSR count). The molecule has 0 heterocycles. The minimum Gasteiger partial charge on any atom is -0.465 e. The van der Waals surface area contributed by atoms with Gasteiger partial charge in [0, 0.05) is 0 Å². The van der Waals surface area contributed by atoms with Crippen LogP contribution in [0.5, 0.6) is 0 Å². The maximum Gasteiger partial charge on any atom is 0.314 e. The molecule has 0 aromatic heterocycles. The second kappa shape index (κ2) is 22.5. The summed E-state index contributed by atoms with van der Waals surface area (Å²) < 4.78 is 86.9. The van der Waals surface area contributed by atoms with Crippen LogP contribution in [0.25, 0.3) is 0 Å². The maximum absolute atomic E-state index is 12.4. The molecule has 0 N–H and O–H groups in total. The highest BCUT2D eigenvalue weighted by atomic mass is 28.5. The Bertz CT molecular complexity index is 1470. The van der Waals surface area contributed by atoms with Gasteiger partial charge in [0.2, 0.25) is 0 Å². The Balaban J connectivity index is 5.56. The second-order valence-electron chi connectivity index (χ2n) is 24.0. The van der Waals surface area contributed by atoms with E-state index in [0.717, 1.165) is 18.9 Å². The van der Waals surface area contributed by atoms with E-state index < -0.39 is 116 Å². The summed E-state index contributed by atoms with van der Waals surface area (Å²) >= 11 is 0. The summed E-state index contributed by atoms with van der Waals surface area (Å²) in [5, 5.41) is 0. The van der Waals surface area contributed by atoms with Crippen molar-refractivity contribution in [1.29, 1.82) is 0 Å². The van der Waals surface area contributed by atoms with E-state index in [0.29, 0.717) is 6.61 Å². The van der Waals surface area contributed by atoms with Gasteiger partial charge < -0.3 is 54.1 Å². The first-order valence-electron chi connectivity index (χ1n) is 22.8. The van der Waals surface area contributed by atoms with Crippen LogP contribution in [0.3, 0.4) is 0 Å². The molecule has 378 valence electrons. The lowest BCUT2D eigenvalue weighted by Gasteiger charge is -2.45. The van der Waals surface area contributed by atoms with E-state index in [-0.39, 0.29) is 5.97 Å². The molecule has 0 aliphatic carbocycles. The number of ether oxygens (including phenoxy) is 1. The first-order chi connectivity index (χ1) is 27.2. The summed E-state index contributed by atoms with van der Waals surface area (Å²) in [4.78, 5) is 12.4. The van der Waals surface area contributed by atoms with E-state index in [9.17, 15) is 4.79 Å². The van der Waals surface area contributed by atoms with Crippen LogP contribution >= 0.6 is 0 Å². The van der Waals surface area contributed by atoms with Crippen LogP contribution < -0.4 is 0 Å². The van der Waals surface area contributed by atoms with Crippen LogP contribution in [0.15, 0.2) is 0 Å². The summed E-state index contributed by atoms with van der Waals surface area (Å²) in [6.45, 7) is 62.8. The van der Waals surface area contributed by atoms with Crippen LogP contribution in [-0.4, -0.2) is 123 Å². The van der Waals surface area contributed by atoms with Crippen molar-refractivity contribution < 1.29 is 58.9 Å². The summed E-state index contributed by atoms with van der Waals surface area (Å²) in [5.74, 6) is -0.147. The summed E-state index contributed by atoms with van der Waals surface area (Å²) in [6.07, 6.45) is 1.51. The van der Waals surface area contributed by atoms with Gasteiger partial charge in [-0.05, 0) is 210 Å². The molecule has 0 aliphatic heterocycles. The molecule has 0 fully saturated rings. The van der Waals surface area contributed by atoms with Gasteiger partial charge in [-0.1, -0.05) is 6.92 Å². The van der Waals surface area contributed by atoms with Gasteiger partial charge in [0.05, 0.1) is 12.0 Å². The van der Waals surface area contributed by atoms with Gasteiger partial charge in [-0.2, -0.15) is 0 Å². The fraction of sp³-hybridized carbons (Fsp3) is 0.972. The normalized spacial score (nSPS) is 15.6. The van der Waals surface area contributed by atoms with E-state index in [2.05, 4.69) is 177 Å². The number of esters is 1. The minimum atomic E-state index is -2.78. The number of hydrogen-bond donors (Lipinski definition) is 0. The number of hydrogen-bond acceptors (Lipinski definition) is 14. The number of rotatable bonds is 30. The molecule has 0 amide bonds. The van der Waals surface area contributed by atoms with Gasteiger partial charge in [-0.25, -0.2) is 0 Å². The first kappa shape index (κ1) is 64.8. The Labute approximate surface area is 401 Å². The largest absolute Gasteiger partial charge is 0.465 e. The van der Waals surface area contributed by atoms with Crippen molar-refractivity contribution in [2.24, 2.45) is 5.41 Å². The molecule has 0 spiro atoms. The summed E-state index contributed by atoms with van der Waals surface area (Å²) in [6, 6.07) is 0.865. The van der Waals surface area contributed by atoms with E-state index in [1.807, 2.05) is 20.8 Å². The molecule has 0 aromatic carbocycles. The van der Waals surface area contributed by atoms with Crippen molar-refractivity contribution in [3.05, 3.63) is 0 Å². The van der Waals surface area contributed by atoms with Crippen molar-refractivity contribution >= 4 is 117 Å². The lowest BCUT2D eigenvalue weighted by atomic mass is 9.91. The smallest absolute Gasteiger partial charge is 0.314 e. The molecular weight excluding hydrogens is 1020 g/mol. The standard InChI is InChI=1S/C36H98O14Si13/c1-31-36(2,3)35(37)38-33-32-34-52(7,8)40-54(11,12)42-56(15,16)44-58(19,20)46-60(23,24)48-62(27,28)50-63(29,30)49-61(25,26)47-59(21,22)45-57(17,18)43-55(13,14)41-53(9,10)39-51(4,5)6/h31-34H2,1-30H3. The highest BCUT2D eigenvalue weighted by molar-refractivity contribution is 6.94. The van der Waals surface area contributed by atoms with Crippen molar-refractivity contribution in [2.75, 3.05) is 6.61 Å². The topological polar surface area (TPSA) is 137 Å². The third-order valence-electron chi connectivity index (χ3n) is 8.58. The molecule has 0 saturated heterocycles. The molecule has 0 aromatic rings. The Morgan fingerprint density at radius 1 is 0.349 bits per heavy atom. The highest BCUT2D eigenvalue weighted by Crippen LogP contribution is 2.32. The Hall–Kier alpha value is 1.81. The lowest BCUT2D eigenvalue weighted by molar-refractivity contribution is -0.154. The maximum atomic E-state index is 12.4. The van der Waals surface area contributed by atoms with Gasteiger partial charge in [-0.3, -0.25) is 4.79 Å². The van der Waals surface area contributed by atoms with E-state index in [4.69, 9.17) is 54.1 Å². The number of carbonyl (C=O) groups is 1. The molecule has 0 atom stereocenters. The number of carbonyl (C=O) groups excluding carboxylic acids is 1. The highest BCUT2D eigenvalue weighted by Gasteiger charge is 2.52. The molecule has 0 saturated carbocycles. The van der Waals surface area contributed by atoms with Crippen molar-refractivity contribution in [3.8, 4) is 0 Å². The predicted octanol–water partition coefficient (Wildman–Crippen LogP) is 12.3. The molecule has 14 nitrogen and oxygen atoms in total. The van der Waals surface area contributed by atoms with Crippen LogP contribution in [0.1, 0.15) is 33.6 Å². The van der Waals surface area contributed by atoms with E-state index in [1.54, 1.807) is 0 Å². The zero-order valence-corrected chi connectivity index (χ0v) is 59.0. The van der Waals surface area contributed by atoms with Crippen molar-refractivity contribution in [2.45, 2.75) is 216 Å². The van der Waals surface area contributed by atoms with Crippen molar-refractivity contribution in [1.82, 2.24) is 0 Å². The van der Waals surface area contributed by atoms with E-state index >= 15 is 0 Å². The molecule has 0 aliphatic rings. The third kappa shape index (κ3) is 29.6. The van der Waals surface area contributed by atoms with Gasteiger partial charge in [0.15, 0.2) is 16.6 Å². The van der Waals surface area contributed by atoms with Crippen LogP contribution in [0.4, 0.5) is 0 Å². The lowest BCUT2D eigenvalue weighted by Crippen LogP contribution is -2.62. The molecule has 63 heavy (non-hydrogen) atoms. The first-order valence-corrected chi connectivity index (χ1v) is 60.3. The van der Waals surface area contributed by atoms with Crippen molar-refractivity contribution in [3.63, 3.8) is 0 Å². The SMILES string of the molecule is CCC(C)(C)C(=O)OCCC[Si](C)(C)O[Si](C)(C)O[Si](C)(C)O[Si](C)(C)O[Si](C)(C)O[Si](C)(C)O[Si](C)(C)O[Si](C)(C)O[Si](C)(C)O[Si](C)(C)O[Si](C)(C)O[Si](C)(C)O[Si](C)(C)C. The molecule has 0 bridgehead atoms. The average molecular weight is 1120 g/mol. The van der Waals surface area contributed by atoms with Gasteiger partial charge in [-0.15, -0.1) is 0 Å². The Kier molecular flexibility index (Phi) is 23.1. The predicted molar refractivity (Wildman–Crippen MR) is 291 cm³/mol. The third-order valence-corrected chi connectivity index (χ3v) is 58.1. The van der Waals surface area contributed by atoms with Crippen LogP contribution in [-0.2, 0) is 58.9 Å². The fourth-order valence-electron chi connectivity index (χ4n) is 8.60. The monoisotopic (exact) mass is 1120 g/mol.